The van der Waals surface area contributed by atoms with E-state index >= 15 is 0 Å². The molecule has 0 saturated heterocycles. The molecule has 0 aliphatic carbocycles. The lowest BCUT2D eigenvalue weighted by Crippen LogP contribution is -1.92. The largest absolute Gasteiger partial charge is 0.469 e. The Kier molecular flexibility index (Phi) is 5.07. The van der Waals surface area contributed by atoms with Gasteiger partial charge in [0, 0.05) is 0 Å². The highest BCUT2D eigenvalue weighted by molar-refractivity contribution is 4.81. The Labute approximate surface area is 56.5 Å². The number of hydrogen-bond donors (Lipinski definition) is 0. The minimum atomic E-state index is 0.625. The van der Waals surface area contributed by atoms with Gasteiger partial charge in [-0.3, -0.25) is 0 Å². The van der Waals surface area contributed by atoms with E-state index in [-0.39, 0.29) is 0 Å². The second kappa shape index (κ2) is 5.48. The van der Waals surface area contributed by atoms with Crippen LogP contribution in [0.15, 0.2) is 12.0 Å². The van der Waals surface area contributed by atoms with E-state index < -0.39 is 0 Å². The van der Waals surface area contributed by atoms with E-state index in [0.29, 0.717) is 12.6 Å². The molecule has 0 bridgehead atoms. The maximum atomic E-state index is 5.07. The Morgan fingerprint density at radius 3 is 2.44 bits per heavy atom. The quantitative estimate of drug-likeness (QED) is 0.541. The van der Waals surface area contributed by atoms with Crippen molar-refractivity contribution in [3.05, 3.63) is 12.0 Å². The molecule has 0 fully saturated rings. The molecule has 0 unspecified atom stereocenters. The normalized spacial score (nSPS) is 11.2. The van der Waals surface area contributed by atoms with E-state index in [0.717, 1.165) is 6.42 Å². The van der Waals surface area contributed by atoms with Crippen LogP contribution in [0, 0.1) is 0 Å². The molecule has 0 saturated carbocycles. The van der Waals surface area contributed by atoms with Gasteiger partial charge in [0.25, 0.3) is 5.95 Å². The third kappa shape index (κ3) is 3.88. The summed E-state index contributed by atoms with van der Waals surface area (Å²) in [5, 5.41) is 0. The van der Waals surface area contributed by atoms with Gasteiger partial charge < -0.3 is 9.47 Å². The van der Waals surface area contributed by atoms with E-state index in [1.165, 1.54) is 0 Å². The second-order valence-electron chi connectivity index (χ2n) is 1.57. The molecule has 0 rings (SSSR count). The third-order valence-electron chi connectivity index (χ3n) is 0.859. The lowest BCUT2D eigenvalue weighted by molar-refractivity contribution is 0.0678. The van der Waals surface area contributed by atoms with Gasteiger partial charge in [0.1, 0.15) is 0 Å². The fraction of sp³-hybridized carbons (Fsp3) is 0.714. The van der Waals surface area contributed by atoms with E-state index in [9.17, 15) is 0 Å². The van der Waals surface area contributed by atoms with Crippen LogP contribution in [-0.2, 0) is 9.47 Å². The minimum absolute atomic E-state index is 0.625. The van der Waals surface area contributed by atoms with Gasteiger partial charge in [-0.25, -0.2) is 0 Å². The molecule has 54 valence electrons. The van der Waals surface area contributed by atoms with Gasteiger partial charge in [-0.1, -0.05) is 6.92 Å². The molecule has 0 radical (unpaired) electrons. The van der Waals surface area contributed by atoms with Crippen molar-refractivity contribution in [3.8, 4) is 0 Å². The van der Waals surface area contributed by atoms with Crippen molar-refractivity contribution in [3.63, 3.8) is 0 Å². The maximum absolute atomic E-state index is 5.07. The van der Waals surface area contributed by atoms with Crippen LogP contribution in [0.1, 0.15) is 20.3 Å². The van der Waals surface area contributed by atoms with Crippen LogP contribution in [0.25, 0.3) is 0 Å². The van der Waals surface area contributed by atoms with Gasteiger partial charge in [0.2, 0.25) is 0 Å². The predicted octanol–water partition coefficient (Wildman–Crippen LogP) is 1.92. The molecule has 0 spiro atoms. The second-order valence-corrected chi connectivity index (χ2v) is 1.57. The van der Waals surface area contributed by atoms with Crippen molar-refractivity contribution in [2.75, 3.05) is 13.7 Å². The Morgan fingerprint density at radius 2 is 2.11 bits per heavy atom. The molecule has 2 heteroatoms. The maximum Gasteiger partial charge on any atom is 0.274 e. The molecule has 0 aliphatic heterocycles. The Bertz CT molecular complexity index is 86.9. The van der Waals surface area contributed by atoms with Crippen LogP contribution in [0.3, 0.4) is 0 Å². The summed E-state index contributed by atoms with van der Waals surface area (Å²) in [6, 6.07) is 0. The zero-order valence-electron chi connectivity index (χ0n) is 6.31. The van der Waals surface area contributed by atoms with E-state index in [2.05, 4.69) is 0 Å². The fourth-order valence-corrected chi connectivity index (χ4v) is 0.510. The lowest BCUT2D eigenvalue weighted by Gasteiger charge is -2.04. The third-order valence-corrected chi connectivity index (χ3v) is 0.859. The first-order valence-electron chi connectivity index (χ1n) is 3.22. The van der Waals surface area contributed by atoms with Crippen molar-refractivity contribution in [2.45, 2.75) is 20.3 Å². The molecule has 9 heavy (non-hydrogen) atoms. The minimum Gasteiger partial charge on any atom is -0.469 e. The van der Waals surface area contributed by atoms with Crippen LogP contribution in [0.5, 0.6) is 0 Å². The van der Waals surface area contributed by atoms with Crippen molar-refractivity contribution in [1.82, 2.24) is 0 Å². The van der Waals surface area contributed by atoms with Crippen molar-refractivity contribution in [2.24, 2.45) is 0 Å². The van der Waals surface area contributed by atoms with Crippen LogP contribution in [0.2, 0.25) is 0 Å². The zero-order valence-corrected chi connectivity index (χ0v) is 6.31. The topological polar surface area (TPSA) is 18.5 Å². The first-order chi connectivity index (χ1) is 4.35. The average molecular weight is 130 g/mol. The molecule has 0 N–H and O–H groups in total. The smallest absolute Gasteiger partial charge is 0.274 e. The molecule has 0 amide bonds. The van der Waals surface area contributed by atoms with Gasteiger partial charge in [-0.2, -0.15) is 0 Å². The van der Waals surface area contributed by atoms with Gasteiger partial charge in [0.05, 0.1) is 13.7 Å². The molecule has 2 nitrogen and oxygen atoms in total. The summed E-state index contributed by atoms with van der Waals surface area (Å²) in [5.74, 6) is 0.625. The number of methoxy groups -OCH3 is 1. The van der Waals surface area contributed by atoms with Gasteiger partial charge in [-0.05, 0) is 19.4 Å². The van der Waals surface area contributed by atoms with Crippen LogP contribution < -0.4 is 0 Å². The lowest BCUT2D eigenvalue weighted by atomic mass is 10.5. The summed E-state index contributed by atoms with van der Waals surface area (Å²) in [6.07, 6.45) is 2.85. The number of allylic oxidation sites excluding steroid dienone is 1. The number of ether oxygens (including phenoxy) is 2. The van der Waals surface area contributed by atoms with E-state index in [1.54, 1.807) is 7.11 Å². The SMILES string of the molecule is CC/C=C(/OC)OCC. The standard InChI is InChI=1S/C7H14O2/c1-4-6-7(8-3)9-5-2/h6H,4-5H2,1-3H3/b7-6-. The summed E-state index contributed by atoms with van der Waals surface area (Å²) < 4.78 is 9.94. The summed E-state index contributed by atoms with van der Waals surface area (Å²) in [6.45, 7) is 4.64. The predicted molar refractivity (Wildman–Crippen MR) is 37.0 cm³/mol. The van der Waals surface area contributed by atoms with Gasteiger partial charge >= 0.3 is 0 Å². The summed E-state index contributed by atoms with van der Waals surface area (Å²) in [5.41, 5.74) is 0. The highest BCUT2D eigenvalue weighted by atomic mass is 16.7. The highest BCUT2D eigenvalue weighted by Crippen LogP contribution is 1.98. The summed E-state index contributed by atoms with van der Waals surface area (Å²) in [7, 11) is 1.61. The Hall–Kier alpha value is -0.660. The monoisotopic (exact) mass is 130 g/mol. The van der Waals surface area contributed by atoms with E-state index in [4.69, 9.17) is 9.47 Å². The van der Waals surface area contributed by atoms with Crippen LogP contribution in [-0.4, -0.2) is 13.7 Å². The zero-order chi connectivity index (χ0) is 7.11. The molecular weight excluding hydrogens is 116 g/mol. The fourth-order valence-electron chi connectivity index (χ4n) is 0.510. The number of rotatable bonds is 4. The Morgan fingerprint density at radius 1 is 1.44 bits per heavy atom. The molecule has 0 heterocycles. The van der Waals surface area contributed by atoms with Gasteiger partial charge in [0.15, 0.2) is 0 Å². The molecular formula is C7H14O2. The summed E-state index contributed by atoms with van der Waals surface area (Å²) >= 11 is 0. The summed E-state index contributed by atoms with van der Waals surface area (Å²) in [4.78, 5) is 0. The van der Waals surface area contributed by atoms with Crippen LogP contribution in [0.4, 0.5) is 0 Å². The van der Waals surface area contributed by atoms with Gasteiger partial charge in [-0.15, -0.1) is 0 Å². The Balaban J connectivity index is 3.53. The molecule has 0 aromatic carbocycles. The van der Waals surface area contributed by atoms with E-state index in [1.807, 2.05) is 19.9 Å². The first-order valence-corrected chi connectivity index (χ1v) is 3.22. The first kappa shape index (κ1) is 8.34. The van der Waals surface area contributed by atoms with Crippen LogP contribution >= 0.6 is 0 Å². The molecule has 0 aliphatic rings. The molecule has 0 aromatic heterocycles. The van der Waals surface area contributed by atoms with Crippen molar-refractivity contribution >= 4 is 0 Å². The van der Waals surface area contributed by atoms with Crippen molar-refractivity contribution in [1.29, 1.82) is 0 Å². The molecule has 0 atom stereocenters. The number of hydrogen-bond acceptors (Lipinski definition) is 2. The van der Waals surface area contributed by atoms with Crippen molar-refractivity contribution < 1.29 is 9.47 Å². The highest BCUT2D eigenvalue weighted by Gasteiger charge is 1.89. The molecule has 0 aromatic rings. The average Bonchev–Trinajstić information content (AvgIpc) is 1.88.